The number of hydrogen-bond donors (Lipinski definition) is 2. The van der Waals surface area contributed by atoms with Crippen molar-refractivity contribution in [1.82, 2.24) is 9.88 Å². The van der Waals surface area contributed by atoms with Gasteiger partial charge in [0.05, 0.1) is 13.3 Å². The van der Waals surface area contributed by atoms with Gasteiger partial charge >= 0.3 is 6.36 Å². The molecule has 1 aliphatic heterocycles. The number of hydrogen-bond acceptors (Lipinski definition) is 7. The second-order valence-corrected chi connectivity index (χ2v) is 8.32. The molecule has 10 heteroatoms. The molecule has 1 unspecified atom stereocenters. The first-order chi connectivity index (χ1) is 15.6. The highest BCUT2D eigenvalue weighted by Crippen LogP contribution is 2.26. The topological polar surface area (TPSA) is 78.3 Å². The monoisotopic (exact) mass is 469 g/mol. The number of alkyl halides is 3. The largest absolute Gasteiger partial charge is 0.573 e. The molecule has 2 aromatic rings. The summed E-state index contributed by atoms with van der Waals surface area (Å²) in [5.74, 6) is 0.908. The number of pyridine rings is 1. The van der Waals surface area contributed by atoms with Gasteiger partial charge < -0.3 is 24.6 Å². The highest BCUT2D eigenvalue weighted by molar-refractivity contribution is 5.42. The number of halogens is 3. The third-order valence-electron chi connectivity index (χ3n) is 5.79. The molecule has 1 aliphatic rings. The normalized spacial score (nSPS) is 19.7. The van der Waals surface area contributed by atoms with Gasteiger partial charge in [0.25, 0.3) is 0 Å². The molecule has 2 atom stereocenters. The molecule has 0 amide bonds. The van der Waals surface area contributed by atoms with Crippen LogP contribution in [0.2, 0.25) is 0 Å². The highest BCUT2D eigenvalue weighted by Gasteiger charge is 2.32. The van der Waals surface area contributed by atoms with Crippen LogP contribution in [-0.2, 0) is 12.8 Å². The van der Waals surface area contributed by atoms with Crippen molar-refractivity contribution < 1.29 is 32.9 Å². The fourth-order valence-electron chi connectivity index (χ4n) is 4.34. The number of anilines is 1. The number of aromatic nitrogens is 1. The molecule has 0 radical (unpaired) electrons. The van der Waals surface area contributed by atoms with E-state index >= 15 is 0 Å². The van der Waals surface area contributed by atoms with Crippen molar-refractivity contribution in [2.24, 2.45) is 0 Å². The lowest BCUT2D eigenvalue weighted by Gasteiger charge is -2.45. The number of ether oxygens (including phenoxy) is 2. The second kappa shape index (κ2) is 10.6. The number of methoxy groups -OCH3 is 1. The Balaban J connectivity index is 1.60. The summed E-state index contributed by atoms with van der Waals surface area (Å²) in [4.78, 5) is 8.61. The van der Waals surface area contributed by atoms with Gasteiger partial charge in [-0.15, -0.1) is 13.2 Å². The highest BCUT2D eigenvalue weighted by atomic mass is 19.4. The van der Waals surface area contributed by atoms with E-state index in [0.717, 1.165) is 30.3 Å². The van der Waals surface area contributed by atoms with E-state index in [0.29, 0.717) is 24.7 Å². The van der Waals surface area contributed by atoms with Crippen molar-refractivity contribution >= 4 is 5.82 Å². The van der Waals surface area contributed by atoms with Gasteiger partial charge in [-0.05, 0) is 49.6 Å². The van der Waals surface area contributed by atoms with Crippen LogP contribution in [0, 0.1) is 0 Å². The molecule has 1 saturated heterocycles. The van der Waals surface area contributed by atoms with Crippen molar-refractivity contribution in [3.8, 4) is 11.5 Å². The van der Waals surface area contributed by atoms with Crippen molar-refractivity contribution in [3.63, 3.8) is 0 Å². The summed E-state index contributed by atoms with van der Waals surface area (Å²) in [5, 5.41) is 18.7. The molecule has 0 aliphatic carbocycles. The molecule has 3 rings (SSSR count). The Morgan fingerprint density at radius 1 is 1.12 bits per heavy atom. The Morgan fingerprint density at radius 3 is 2.36 bits per heavy atom. The maximum absolute atomic E-state index is 12.4. The summed E-state index contributed by atoms with van der Waals surface area (Å²) >= 11 is 0. The molecule has 7 nitrogen and oxygen atoms in total. The van der Waals surface area contributed by atoms with E-state index in [1.54, 1.807) is 13.2 Å². The van der Waals surface area contributed by atoms with Gasteiger partial charge in [-0.1, -0.05) is 12.1 Å². The lowest BCUT2D eigenvalue weighted by atomic mass is 10.0. The van der Waals surface area contributed by atoms with Gasteiger partial charge in [-0.25, -0.2) is 4.98 Å². The quantitative estimate of drug-likeness (QED) is 0.576. The van der Waals surface area contributed by atoms with E-state index in [1.165, 1.54) is 6.07 Å². The molecule has 1 aromatic heterocycles. The smallest absolute Gasteiger partial charge is 0.496 e. The minimum atomic E-state index is -4.74. The third kappa shape index (κ3) is 6.96. The fourth-order valence-corrected chi connectivity index (χ4v) is 4.34. The van der Waals surface area contributed by atoms with Crippen LogP contribution in [0.1, 0.15) is 25.0 Å². The maximum atomic E-state index is 12.4. The Hall–Kier alpha value is -2.56. The molecule has 0 spiro atoms. The van der Waals surface area contributed by atoms with Crippen LogP contribution in [0.3, 0.4) is 0 Å². The Kier molecular flexibility index (Phi) is 8.04. The van der Waals surface area contributed by atoms with Gasteiger partial charge in [0.2, 0.25) is 0 Å². The predicted octanol–water partition coefficient (Wildman–Crippen LogP) is 2.98. The van der Waals surface area contributed by atoms with Crippen LogP contribution in [0.25, 0.3) is 0 Å². The molecular weight excluding hydrogens is 439 g/mol. The van der Waals surface area contributed by atoms with Gasteiger partial charge in [-0.3, -0.25) is 4.90 Å². The SMILES string of the molecule is COc1ccc(CCN2C(C)CN(c3ccc(OC(F)(F)F)cn3)C[C@@H]2C)cc1CC(O)O. The number of nitrogens with zero attached hydrogens (tertiary/aromatic N) is 3. The zero-order chi connectivity index (χ0) is 24.2. The maximum Gasteiger partial charge on any atom is 0.573 e. The van der Waals surface area contributed by atoms with Crippen LogP contribution < -0.4 is 14.4 Å². The molecule has 0 saturated carbocycles. The Labute approximate surface area is 191 Å². The van der Waals surface area contributed by atoms with E-state index in [-0.39, 0.29) is 24.3 Å². The van der Waals surface area contributed by atoms with Crippen LogP contribution in [-0.4, -0.2) is 71.6 Å². The average Bonchev–Trinajstić information content (AvgIpc) is 2.72. The van der Waals surface area contributed by atoms with Gasteiger partial charge in [0.1, 0.15) is 17.3 Å². The first-order valence-corrected chi connectivity index (χ1v) is 10.8. The number of piperazine rings is 1. The molecule has 1 fully saturated rings. The van der Waals surface area contributed by atoms with Crippen LogP contribution >= 0.6 is 0 Å². The van der Waals surface area contributed by atoms with Gasteiger partial charge in [0.15, 0.2) is 6.29 Å². The minimum Gasteiger partial charge on any atom is -0.496 e. The number of rotatable bonds is 8. The van der Waals surface area contributed by atoms with E-state index < -0.39 is 12.7 Å². The summed E-state index contributed by atoms with van der Waals surface area (Å²) in [5.41, 5.74) is 1.83. The van der Waals surface area contributed by atoms with Crippen molar-refractivity contribution in [2.75, 3.05) is 31.6 Å². The predicted molar refractivity (Wildman–Crippen MR) is 117 cm³/mol. The van der Waals surface area contributed by atoms with E-state index in [9.17, 15) is 23.4 Å². The van der Waals surface area contributed by atoms with Crippen molar-refractivity contribution in [3.05, 3.63) is 47.7 Å². The van der Waals surface area contributed by atoms with E-state index in [2.05, 4.69) is 33.4 Å². The van der Waals surface area contributed by atoms with E-state index in [4.69, 9.17) is 4.74 Å². The van der Waals surface area contributed by atoms with Gasteiger partial charge in [0, 0.05) is 38.1 Å². The number of aliphatic hydroxyl groups is 2. The van der Waals surface area contributed by atoms with Gasteiger partial charge in [-0.2, -0.15) is 0 Å². The zero-order valence-corrected chi connectivity index (χ0v) is 18.9. The molecule has 2 N–H and O–H groups in total. The summed E-state index contributed by atoms with van der Waals surface area (Å²) in [6.07, 6.45) is -4.20. The number of benzene rings is 1. The minimum absolute atomic E-state index is 0.0995. The first kappa shape index (κ1) is 25.1. The summed E-state index contributed by atoms with van der Waals surface area (Å²) in [7, 11) is 1.55. The van der Waals surface area contributed by atoms with Crippen LogP contribution in [0.15, 0.2) is 36.5 Å². The van der Waals surface area contributed by atoms with Crippen LogP contribution in [0.4, 0.5) is 19.0 Å². The van der Waals surface area contributed by atoms with Crippen molar-refractivity contribution in [2.45, 2.75) is 51.4 Å². The zero-order valence-electron chi connectivity index (χ0n) is 18.9. The van der Waals surface area contributed by atoms with E-state index in [1.807, 2.05) is 18.2 Å². The Morgan fingerprint density at radius 2 is 1.82 bits per heavy atom. The summed E-state index contributed by atoms with van der Waals surface area (Å²) < 4.78 is 46.3. The molecular formula is C23H30F3N3O4. The molecule has 182 valence electrons. The third-order valence-corrected chi connectivity index (χ3v) is 5.79. The molecule has 0 bridgehead atoms. The molecule has 1 aromatic carbocycles. The number of aliphatic hydroxyl groups excluding tert-OH is 1. The molecule has 33 heavy (non-hydrogen) atoms. The second-order valence-electron chi connectivity index (χ2n) is 8.32. The summed E-state index contributed by atoms with van der Waals surface area (Å²) in [6.45, 7) is 6.44. The average molecular weight is 470 g/mol. The van der Waals surface area contributed by atoms with Crippen LogP contribution in [0.5, 0.6) is 11.5 Å². The standard InChI is InChI=1S/C23H30F3N3O4/c1-15-13-28(21-7-5-19(12-27-21)33-23(24,25)26)14-16(2)29(15)9-8-17-4-6-20(32-3)18(10-17)11-22(30)31/h4-7,10,12,15-16,22,30-31H,8-9,11,13-14H2,1-3H3/t15-,16?/m0/s1. The molecule has 2 heterocycles. The summed E-state index contributed by atoms with van der Waals surface area (Å²) in [6, 6.07) is 9.00. The van der Waals surface area contributed by atoms with Crippen molar-refractivity contribution in [1.29, 1.82) is 0 Å². The lowest BCUT2D eigenvalue weighted by Crippen LogP contribution is -2.57. The Bertz CT molecular complexity index is 897. The fraction of sp³-hybridized carbons (Fsp3) is 0.522. The lowest BCUT2D eigenvalue weighted by molar-refractivity contribution is -0.274. The first-order valence-electron chi connectivity index (χ1n) is 10.8.